The second-order valence-electron chi connectivity index (χ2n) is 9.90. The second-order valence-corrected chi connectivity index (χ2v) is 11.5. The van der Waals surface area contributed by atoms with Crippen molar-refractivity contribution < 1.29 is 37.2 Å². The molecule has 0 saturated heterocycles. The lowest BCUT2D eigenvalue weighted by Gasteiger charge is -2.26. The Hall–Kier alpha value is -4.29. The van der Waals surface area contributed by atoms with Gasteiger partial charge in [-0.15, -0.1) is 0 Å². The summed E-state index contributed by atoms with van der Waals surface area (Å²) in [6.45, 7) is 1.30. The average molecular weight is 612 g/mol. The van der Waals surface area contributed by atoms with Crippen LogP contribution in [0, 0.1) is 6.92 Å². The van der Waals surface area contributed by atoms with E-state index in [0.29, 0.717) is 23.3 Å². The van der Waals surface area contributed by atoms with Gasteiger partial charge < -0.3 is 19.3 Å². The van der Waals surface area contributed by atoms with Crippen molar-refractivity contribution in [1.82, 2.24) is 14.9 Å². The zero-order chi connectivity index (χ0) is 30.4. The summed E-state index contributed by atoms with van der Waals surface area (Å²) in [4.78, 5) is 50.1. The third-order valence-corrected chi connectivity index (χ3v) is 7.98. The normalized spacial score (nSPS) is 20.7. The molecule has 3 heterocycles. The van der Waals surface area contributed by atoms with Crippen molar-refractivity contribution in [2.75, 3.05) is 13.2 Å². The van der Waals surface area contributed by atoms with E-state index in [2.05, 4.69) is 10.3 Å². The molecule has 1 unspecified atom stereocenters. The Labute approximate surface area is 246 Å². The number of nitrogens with one attached hydrogen (secondary N) is 2. The molecule has 3 aromatic rings. The first-order valence-corrected chi connectivity index (χ1v) is 15.0. The number of ether oxygens (including phenoxy) is 2. The topological polar surface area (TPSA) is 164 Å². The van der Waals surface area contributed by atoms with Crippen LogP contribution in [-0.2, 0) is 52.3 Å². The van der Waals surface area contributed by atoms with Gasteiger partial charge in [0.2, 0.25) is 5.91 Å². The molecule has 226 valence electrons. The summed E-state index contributed by atoms with van der Waals surface area (Å²) >= 11 is 0. The minimum absolute atomic E-state index is 0.0318. The molecule has 1 amide bonds. The largest absolute Gasteiger partial charge is 0.530 e. The van der Waals surface area contributed by atoms with Crippen LogP contribution < -0.4 is 21.1 Å². The number of amides is 1. The van der Waals surface area contributed by atoms with Gasteiger partial charge in [0.25, 0.3) is 5.56 Å². The summed E-state index contributed by atoms with van der Waals surface area (Å²) in [5.41, 5.74) is 1.59. The molecule has 5 rings (SSSR count). The minimum atomic E-state index is -3.94. The Morgan fingerprint density at radius 3 is 2.74 bits per heavy atom. The Kier molecular flexibility index (Phi) is 9.37. The number of hydrogen-bond acceptors (Lipinski definition) is 10. The predicted octanol–water partition coefficient (Wildman–Crippen LogP) is 2.82. The number of esters is 1. The third-order valence-electron chi connectivity index (χ3n) is 6.65. The Morgan fingerprint density at radius 2 is 1.93 bits per heavy atom. The molecule has 0 radical (unpaired) electrons. The molecule has 13 nitrogen and oxygen atoms in total. The van der Waals surface area contributed by atoms with Crippen molar-refractivity contribution >= 4 is 19.7 Å². The number of fused-ring (bicyclic) bond motifs is 1. The number of nitrogens with zero attached hydrogens (tertiary/aromatic N) is 1. The number of rotatable bonds is 11. The van der Waals surface area contributed by atoms with E-state index in [1.807, 2.05) is 30.3 Å². The molecular weight excluding hydrogens is 581 g/mol. The molecule has 0 aliphatic carbocycles. The number of H-pyrrole nitrogens is 1. The van der Waals surface area contributed by atoms with Crippen LogP contribution in [0.5, 0.6) is 5.75 Å². The van der Waals surface area contributed by atoms with E-state index in [9.17, 15) is 23.7 Å². The van der Waals surface area contributed by atoms with Gasteiger partial charge in [-0.25, -0.2) is 9.36 Å². The van der Waals surface area contributed by atoms with Crippen LogP contribution in [0.3, 0.4) is 0 Å². The van der Waals surface area contributed by atoms with E-state index >= 15 is 0 Å². The SMILES string of the molecule is Cc1cn([C@H]2C=C[C@@H](COP3(=O)OCc4cc(CCC(=O)NCC(=O)OCc5ccccc5)ccc4O3)O2)c(=O)[nH]c1=O. The van der Waals surface area contributed by atoms with Crippen molar-refractivity contribution in [3.63, 3.8) is 0 Å². The number of aryl methyl sites for hydroxylation is 2. The zero-order valence-electron chi connectivity index (χ0n) is 23.2. The highest BCUT2D eigenvalue weighted by Gasteiger charge is 2.36. The first-order valence-electron chi connectivity index (χ1n) is 13.5. The maximum absolute atomic E-state index is 13.1. The highest BCUT2D eigenvalue weighted by molar-refractivity contribution is 7.49. The molecule has 2 aliphatic rings. The fourth-order valence-corrected chi connectivity index (χ4v) is 5.56. The van der Waals surface area contributed by atoms with Gasteiger partial charge in [-0.1, -0.05) is 42.5 Å². The number of carbonyl (C=O) groups excluding carboxylic acids is 2. The standard InChI is InChI=1S/C29H30N3O10P/c1-19-15-32(29(36)31-28(19)35)26-12-9-23(41-26)18-40-43(37)39-17-22-13-20(7-10-24(22)42-43)8-11-25(33)30-14-27(34)38-16-21-5-3-2-4-6-21/h2-7,9-10,12-13,15,23,26H,8,11,14,16-18H2,1H3,(H,30,33)(H,31,35,36)/t23-,26+,43?/m0/s1. The summed E-state index contributed by atoms with van der Waals surface area (Å²) in [7, 11) is -3.94. The number of phosphoric acid groups is 1. The predicted molar refractivity (Wildman–Crippen MR) is 152 cm³/mol. The Bertz CT molecular complexity index is 1680. The van der Waals surface area contributed by atoms with E-state index in [1.54, 1.807) is 37.3 Å². The van der Waals surface area contributed by atoms with E-state index < -0.39 is 37.4 Å². The fourth-order valence-electron chi connectivity index (χ4n) is 4.34. The highest BCUT2D eigenvalue weighted by atomic mass is 31.2. The maximum Gasteiger partial charge on any atom is 0.530 e. The number of hydrogen-bond donors (Lipinski definition) is 2. The van der Waals surface area contributed by atoms with Gasteiger partial charge in [0.1, 0.15) is 25.0 Å². The molecule has 0 spiro atoms. The quantitative estimate of drug-likeness (QED) is 0.187. The number of aromatic nitrogens is 2. The van der Waals surface area contributed by atoms with Crippen molar-refractivity contribution in [3.8, 4) is 5.75 Å². The van der Waals surface area contributed by atoms with Gasteiger partial charge in [0.15, 0.2) is 6.23 Å². The number of benzene rings is 2. The van der Waals surface area contributed by atoms with Crippen LogP contribution in [0.1, 0.15) is 34.9 Å². The van der Waals surface area contributed by atoms with Gasteiger partial charge in [0, 0.05) is 23.7 Å². The van der Waals surface area contributed by atoms with Crippen LogP contribution in [0.15, 0.2) is 76.5 Å². The molecule has 2 aliphatic heterocycles. The zero-order valence-corrected chi connectivity index (χ0v) is 24.1. The molecule has 0 bridgehead atoms. The number of phosphoric ester groups is 1. The summed E-state index contributed by atoms with van der Waals surface area (Å²) in [6, 6.07) is 14.4. The minimum Gasteiger partial charge on any atom is -0.460 e. The molecule has 0 fully saturated rings. The number of carbonyl (C=O) groups is 2. The molecule has 43 heavy (non-hydrogen) atoms. The Balaban J connectivity index is 1.05. The summed E-state index contributed by atoms with van der Waals surface area (Å²) in [5, 5.41) is 2.56. The van der Waals surface area contributed by atoms with E-state index in [1.165, 1.54) is 10.8 Å². The molecule has 14 heteroatoms. The molecule has 0 saturated carbocycles. The smallest absolute Gasteiger partial charge is 0.460 e. The first kappa shape index (κ1) is 30.2. The lowest BCUT2D eigenvalue weighted by Crippen LogP contribution is -2.33. The summed E-state index contributed by atoms with van der Waals surface area (Å²) in [6.07, 6.45) is 3.82. The van der Waals surface area contributed by atoms with Crippen LogP contribution in [0.25, 0.3) is 0 Å². The second kappa shape index (κ2) is 13.3. The molecule has 2 aromatic carbocycles. The van der Waals surface area contributed by atoms with Crippen molar-refractivity contribution in [1.29, 1.82) is 0 Å². The van der Waals surface area contributed by atoms with Gasteiger partial charge in [0.05, 0.1) is 13.2 Å². The maximum atomic E-state index is 13.1. The Morgan fingerprint density at radius 1 is 1.12 bits per heavy atom. The van der Waals surface area contributed by atoms with E-state index in [4.69, 9.17) is 23.0 Å². The third kappa shape index (κ3) is 7.96. The van der Waals surface area contributed by atoms with Crippen LogP contribution in [-0.4, -0.2) is 40.7 Å². The highest BCUT2D eigenvalue weighted by Crippen LogP contribution is 2.54. The summed E-state index contributed by atoms with van der Waals surface area (Å²) < 4.78 is 41.6. The number of aromatic amines is 1. The van der Waals surface area contributed by atoms with Crippen molar-refractivity contribution in [2.24, 2.45) is 0 Å². The van der Waals surface area contributed by atoms with Gasteiger partial charge in [-0.05, 0) is 42.7 Å². The van der Waals surface area contributed by atoms with Gasteiger partial charge >= 0.3 is 19.5 Å². The van der Waals surface area contributed by atoms with Crippen LogP contribution in [0.4, 0.5) is 0 Å². The molecular formula is C29H30N3O10P. The van der Waals surface area contributed by atoms with Gasteiger partial charge in [-0.2, -0.15) is 0 Å². The first-order chi connectivity index (χ1) is 20.7. The van der Waals surface area contributed by atoms with Gasteiger partial charge in [-0.3, -0.25) is 33.0 Å². The van der Waals surface area contributed by atoms with E-state index in [0.717, 1.165) is 11.1 Å². The fraction of sp³-hybridized carbons (Fsp3) is 0.310. The van der Waals surface area contributed by atoms with Crippen molar-refractivity contribution in [2.45, 2.75) is 45.3 Å². The monoisotopic (exact) mass is 611 g/mol. The van der Waals surface area contributed by atoms with Crippen molar-refractivity contribution in [3.05, 3.63) is 110 Å². The molecule has 2 N–H and O–H groups in total. The summed E-state index contributed by atoms with van der Waals surface area (Å²) in [5.74, 6) is -0.493. The lowest BCUT2D eigenvalue weighted by molar-refractivity contribution is -0.145. The van der Waals surface area contributed by atoms with Crippen LogP contribution in [0.2, 0.25) is 0 Å². The lowest BCUT2D eigenvalue weighted by atomic mass is 10.1. The molecule has 1 aromatic heterocycles. The van der Waals surface area contributed by atoms with Crippen LogP contribution >= 0.6 is 7.82 Å². The van der Waals surface area contributed by atoms with E-state index in [-0.39, 0.29) is 38.7 Å². The molecule has 3 atom stereocenters. The average Bonchev–Trinajstić information content (AvgIpc) is 3.48.